The zero-order chi connectivity index (χ0) is 14.5. The summed E-state index contributed by atoms with van der Waals surface area (Å²) < 4.78 is 2.06. The van der Waals surface area contributed by atoms with Crippen LogP contribution in [-0.2, 0) is 0 Å². The maximum Gasteiger partial charge on any atom is 0.101 e. The summed E-state index contributed by atoms with van der Waals surface area (Å²) in [5.41, 5.74) is 4.09. The molecule has 1 nitrogen and oxygen atoms in total. The number of rotatable bonds is 1. The molecule has 0 atom stereocenters. The van der Waals surface area contributed by atoms with E-state index in [-0.39, 0.29) is 0 Å². The summed E-state index contributed by atoms with van der Waals surface area (Å²) >= 11 is 9.14. The van der Waals surface area contributed by atoms with Crippen LogP contribution in [0.1, 0.15) is 16.7 Å². The molecule has 0 heterocycles. The van der Waals surface area contributed by atoms with Crippen molar-refractivity contribution in [1.29, 1.82) is 0 Å². The number of thiocarbonyl (C=S) groups is 1. The molecule has 0 aromatic heterocycles. The summed E-state index contributed by atoms with van der Waals surface area (Å²) in [6.45, 7) is 2.07. The maximum absolute atomic E-state index is 4.66. The van der Waals surface area contributed by atoms with Crippen molar-refractivity contribution in [2.75, 3.05) is 0 Å². The summed E-state index contributed by atoms with van der Waals surface area (Å²) in [5, 5.41) is 2.41. The predicted molar refractivity (Wildman–Crippen MR) is 104 cm³/mol. The molecule has 2 aromatic carbocycles. The number of nitrogens with zero attached hydrogens (tertiary/aromatic N) is 1. The van der Waals surface area contributed by atoms with Gasteiger partial charge >= 0.3 is 0 Å². The average Bonchev–Trinajstić information content (AvgIpc) is 2.42. The van der Waals surface area contributed by atoms with E-state index in [9.17, 15) is 0 Å². The van der Waals surface area contributed by atoms with Crippen molar-refractivity contribution < 1.29 is 0 Å². The van der Waals surface area contributed by atoms with Crippen LogP contribution in [0.5, 0.6) is 0 Å². The van der Waals surface area contributed by atoms with E-state index < -0.39 is 0 Å². The Bertz CT molecular complexity index is 725. The second kappa shape index (κ2) is 7.32. The van der Waals surface area contributed by atoms with Crippen molar-refractivity contribution in [3.05, 3.63) is 60.2 Å². The lowest BCUT2D eigenvalue weighted by Gasteiger charge is -2.01. The lowest BCUT2D eigenvalue weighted by atomic mass is 10.1. The second-order valence-corrected chi connectivity index (χ2v) is 6.61. The summed E-state index contributed by atoms with van der Waals surface area (Å²) in [5.74, 6) is 6.35. The third-order valence-electron chi connectivity index (χ3n) is 2.58. The number of hydrogen-bond acceptors (Lipinski definition) is 2. The second-order valence-electron chi connectivity index (χ2n) is 4.11. The van der Waals surface area contributed by atoms with Crippen LogP contribution in [0.25, 0.3) is 0 Å². The number of aryl methyl sites for hydroxylation is 1. The number of isothiocyanates is 1. The Hall–Kier alpha value is -0.740. The molecule has 0 amide bonds. The maximum atomic E-state index is 4.66. The molecular formula is C16H9I2NS. The molecule has 0 unspecified atom stereocenters. The topological polar surface area (TPSA) is 12.4 Å². The fourth-order valence-corrected chi connectivity index (χ4v) is 3.67. The van der Waals surface area contributed by atoms with Gasteiger partial charge in [-0.2, -0.15) is 4.99 Å². The third-order valence-corrected chi connectivity index (χ3v) is 4.31. The van der Waals surface area contributed by atoms with E-state index in [4.69, 9.17) is 0 Å². The highest BCUT2D eigenvalue weighted by Crippen LogP contribution is 2.28. The Labute approximate surface area is 151 Å². The van der Waals surface area contributed by atoms with Gasteiger partial charge in [-0.25, -0.2) is 0 Å². The standard InChI is InChI=1S/C16H9I2NS/c1-11-2-4-12(5-3-11)6-7-13-8-14(17)16(19-10-20)15(18)9-13/h2-5,8-9H,1H3. The van der Waals surface area contributed by atoms with Crippen LogP contribution < -0.4 is 0 Å². The summed E-state index contributed by atoms with van der Waals surface area (Å²) in [7, 11) is 0. The predicted octanol–water partition coefficient (Wildman–Crippen LogP) is 5.34. The molecule has 0 aliphatic rings. The van der Waals surface area contributed by atoms with E-state index in [2.05, 4.69) is 98.5 Å². The van der Waals surface area contributed by atoms with Crippen molar-refractivity contribution in [3.8, 4) is 11.8 Å². The molecule has 20 heavy (non-hydrogen) atoms. The molecule has 0 aliphatic carbocycles. The molecule has 2 aromatic rings. The molecule has 0 saturated heterocycles. The van der Waals surface area contributed by atoms with Gasteiger partial charge in [0.1, 0.15) is 5.69 Å². The third kappa shape index (κ3) is 4.13. The Balaban J connectivity index is 2.36. The molecule has 0 aliphatic heterocycles. The van der Waals surface area contributed by atoms with Gasteiger partial charge in [-0.15, -0.1) is 0 Å². The Morgan fingerprint density at radius 2 is 1.50 bits per heavy atom. The molecule has 0 N–H and O–H groups in total. The van der Waals surface area contributed by atoms with Crippen LogP contribution in [-0.4, -0.2) is 5.16 Å². The highest BCUT2D eigenvalue weighted by atomic mass is 127. The van der Waals surface area contributed by atoms with Gasteiger partial charge in [0, 0.05) is 18.3 Å². The first-order chi connectivity index (χ1) is 9.60. The Kier molecular flexibility index (Phi) is 5.73. The molecular weight excluding hydrogens is 492 g/mol. The Morgan fingerprint density at radius 1 is 0.950 bits per heavy atom. The van der Waals surface area contributed by atoms with Gasteiger partial charge in [0.05, 0.1) is 5.16 Å². The first-order valence-corrected chi connectivity index (χ1v) is 8.32. The fraction of sp³-hybridized carbons (Fsp3) is 0.0625. The van der Waals surface area contributed by atoms with Gasteiger partial charge in [0.15, 0.2) is 0 Å². The quantitative estimate of drug-likeness (QED) is 0.223. The molecule has 0 saturated carbocycles. The first kappa shape index (κ1) is 15.6. The summed E-state index contributed by atoms with van der Waals surface area (Å²) in [4.78, 5) is 4.08. The van der Waals surface area contributed by atoms with Crippen LogP contribution in [0.15, 0.2) is 41.4 Å². The molecule has 0 radical (unpaired) electrons. The summed E-state index contributed by atoms with van der Waals surface area (Å²) in [6, 6.07) is 12.2. The van der Waals surface area contributed by atoms with Crippen LogP contribution >= 0.6 is 57.4 Å². The van der Waals surface area contributed by atoms with Crippen LogP contribution in [0.3, 0.4) is 0 Å². The number of aliphatic imine (C=N–C) groups is 1. The highest BCUT2D eigenvalue weighted by Gasteiger charge is 2.05. The van der Waals surface area contributed by atoms with Gasteiger partial charge in [-0.1, -0.05) is 29.5 Å². The molecule has 2 rings (SSSR count). The van der Waals surface area contributed by atoms with Crippen LogP contribution in [0, 0.1) is 25.9 Å². The van der Waals surface area contributed by atoms with Gasteiger partial charge < -0.3 is 0 Å². The van der Waals surface area contributed by atoms with E-state index >= 15 is 0 Å². The SMILES string of the molecule is Cc1ccc(C#Cc2cc(I)c(N=C=S)c(I)c2)cc1. The van der Waals surface area contributed by atoms with Crippen molar-refractivity contribution >= 4 is 68.2 Å². The molecule has 98 valence electrons. The van der Waals surface area contributed by atoms with E-state index in [1.165, 1.54) is 5.56 Å². The smallest absolute Gasteiger partial charge is 0.101 e. The number of hydrogen-bond donors (Lipinski definition) is 0. The average molecular weight is 501 g/mol. The zero-order valence-corrected chi connectivity index (χ0v) is 15.7. The monoisotopic (exact) mass is 501 g/mol. The summed E-state index contributed by atoms with van der Waals surface area (Å²) in [6.07, 6.45) is 0. The molecule has 0 fully saturated rings. The lowest BCUT2D eigenvalue weighted by molar-refractivity contribution is 1.45. The minimum Gasteiger partial charge on any atom is -0.192 e. The fourth-order valence-electron chi connectivity index (χ4n) is 1.57. The first-order valence-electron chi connectivity index (χ1n) is 5.76. The van der Waals surface area contributed by atoms with Crippen molar-refractivity contribution in [2.45, 2.75) is 6.92 Å². The van der Waals surface area contributed by atoms with Gasteiger partial charge in [-0.3, -0.25) is 0 Å². The van der Waals surface area contributed by atoms with E-state index in [1.54, 1.807) is 0 Å². The molecule has 4 heteroatoms. The van der Waals surface area contributed by atoms with Gasteiger partial charge in [-0.05, 0) is 88.6 Å². The Morgan fingerprint density at radius 3 is 2.05 bits per heavy atom. The zero-order valence-electron chi connectivity index (χ0n) is 10.6. The minimum absolute atomic E-state index is 0.863. The van der Waals surface area contributed by atoms with Crippen molar-refractivity contribution in [3.63, 3.8) is 0 Å². The lowest BCUT2D eigenvalue weighted by Crippen LogP contribution is -1.84. The van der Waals surface area contributed by atoms with Crippen LogP contribution in [0.2, 0.25) is 0 Å². The molecule has 0 bridgehead atoms. The van der Waals surface area contributed by atoms with Crippen molar-refractivity contribution in [2.24, 2.45) is 4.99 Å². The minimum atomic E-state index is 0.863. The van der Waals surface area contributed by atoms with Crippen LogP contribution in [0.4, 0.5) is 5.69 Å². The number of halogens is 2. The largest absolute Gasteiger partial charge is 0.192 e. The molecule has 0 spiro atoms. The van der Waals surface area contributed by atoms with Gasteiger partial charge in [0.2, 0.25) is 0 Å². The van der Waals surface area contributed by atoms with Crippen molar-refractivity contribution in [1.82, 2.24) is 0 Å². The normalized spacial score (nSPS) is 9.35. The van der Waals surface area contributed by atoms with E-state index in [0.29, 0.717) is 0 Å². The van der Waals surface area contributed by atoms with E-state index in [1.807, 2.05) is 24.3 Å². The highest BCUT2D eigenvalue weighted by molar-refractivity contribution is 14.1. The van der Waals surface area contributed by atoms with Gasteiger partial charge in [0.25, 0.3) is 0 Å². The number of benzene rings is 2. The van der Waals surface area contributed by atoms with E-state index in [0.717, 1.165) is 24.0 Å².